The first-order valence-electron chi connectivity index (χ1n) is 3.96. The number of hydrogen-bond donors (Lipinski definition) is 0. The first-order valence-corrected chi connectivity index (χ1v) is 7.16. The third-order valence-electron chi connectivity index (χ3n) is 1.55. The summed E-state index contributed by atoms with van der Waals surface area (Å²) in [4.78, 5) is 0. The Morgan fingerprint density at radius 2 is 1.31 bits per heavy atom. The Kier molecular flexibility index (Phi) is 4.00. The number of hydrogen-bond acceptors (Lipinski definition) is 0. The average molecular weight is 378 g/mol. The van der Waals surface area contributed by atoms with Gasteiger partial charge in [-0.2, -0.15) is 0 Å². The van der Waals surface area contributed by atoms with Gasteiger partial charge < -0.3 is 0 Å². The van der Waals surface area contributed by atoms with Gasteiger partial charge in [-0.05, 0) is 25.5 Å². The molecule has 96 valence electrons. The molecule has 8 heteroatoms. The van der Waals surface area contributed by atoms with Gasteiger partial charge in [0.25, 0.3) is 22.6 Å². The maximum atomic E-state index is 9.87. The molecule has 0 fully saturated rings. The standard InChI is InChI=1S/C8H10I.F6P/c1-6-4-3-5-8(9)7(6)2;1-7(2,3,4,5)6/h3-5,9H,1-2H3;/q+1;-1. The number of rotatable bonds is 0. The Morgan fingerprint density at radius 3 is 1.56 bits per heavy atom. The fraction of sp³-hybridized carbons (Fsp3) is 0.250. The van der Waals surface area contributed by atoms with E-state index < -0.39 is 7.81 Å². The molecule has 0 aliphatic carbocycles. The SMILES string of the molecule is Cc1cccc([IH+])c1C.F[P-](F)(F)(F)(F)F. The van der Waals surface area contributed by atoms with Crippen LogP contribution >= 0.6 is 7.81 Å². The van der Waals surface area contributed by atoms with Gasteiger partial charge in [0.05, 0.1) is 0 Å². The second kappa shape index (κ2) is 4.01. The Morgan fingerprint density at radius 1 is 0.938 bits per heavy atom. The van der Waals surface area contributed by atoms with Crippen molar-refractivity contribution >= 4 is 7.81 Å². The van der Waals surface area contributed by atoms with Gasteiger partial charge >= 0.3 is 33.0 Å². The van der Waals surface area contributed by atoms with Crippen molar-refractivity contribution in [3.63, 3.8) is 0 Å². The van der Waals surface area contributed by atoms with Gasteiger partial charge in [0.15, 0.2) is 3.57 Å². The van der Waals surface area contributed by atoms with Crippen molar-refractivity contribution in [1.29, 1.82) is 0 Å². The first-order chi connectivity index (χ1) is 6.66. The van der Waals surface area contributed by atoms with Crippen LogP contribution in [0.1, 0.15) is 11.1 Å². The molecule has 0 unspecified atom stereocenters. The summed E-state index contributed by atoms with van der Waals surface area (Å²) in [5.74, 6) is 0. The van der Waals surface area contributed by atoms with Gasteiger partial charge in [0.2, 0.25) is 0 Å². The van der Waals surface area contributed by atoms with Crippen LogP contribution in [0.5, 0.6) is 0 Å². The van der Waals surface area contributed by atoms with Crippen molar-refractivity contribution in [3.05, 3.63) is 32.9 Å². The Bertz CT molecular complexity index is 350. The molecular formula is C8H10F6IP. The van der Waals surface area contributed by atoms with E-state index in [1.54, 1.807) is 0 Å². The molecule has 0 radical (unpaired) electrons. The Balaban J connectivity index is 0.000000293. The summed E-state index contributed by atoms with van der Waals surface area (Å²) in [5.41, 5.74) is 2.81. The maximum absolute atomic E-state index is 10.7. The zero-order chi connectivity index (χ0) is 13.3. The fourth-order valence-electron chi connectivity index (χ4n) is 0.724. The summed E-state index contributed by atoms with van der Waals surface area (Å²) >= 11 is 2.07. The van der Waals surface area contributed by atoms with Crippen LogP contribution in [0.2, 0.25) is 0 Å². The summed E-state index contributed by atoms with van der Waals surface area (Å²) in [6.45, 7) is 4.30. The van der Waals surface area contributed by atoms with E-state index in [2.05, 4.69) is 54.6 Å². The summed E-state index contributed by atoms with van der Waals surface area (Å²) in [6.07, 6.45) is 0. The summed E-state index contributed by atoms with van der Waals surface area (Å²) in [6, 6.07) is 6.39. The molecule has 0 bridgehead atoms. The zero-order valence-electron chi connectivity index (χ0n) is 8.36. The molecular weight excluding hydrogens is 368 g/mol. The van der Waals surface area contributed by atoms with Crippen LogP contribution < -0.4 is 22.6 Å². The van der Waals surface area contributed by atoms with Crippen LogP contribution in [-0.4, -0.2) is 0 Å². The van der Waals surface area contributed by atoms with E-state index in [1.807, 2.05) is 0 Å². The molecule has 0 N–H and O–H groups in total. The summed E-state index contributed by atoms with van der Waals surface area (Å²) in [5, 5.41) is 0. The molecule has 16 heavy (non-hydrogen) atoms. The third-order valence-corrected chi connectivity index (χ3v) is 2.82. The van der Waals surface area contributed by atoms with E-state index in [4.69, 9.17) is 0 Å². The molecule has 0 saturated carbocycles. The van der Waals surface area contributed by atoms with Crippen LogP contribution in [0.4, 0.5) is 25.2 Å². The third kappa shape index (κ3) is 12.0. The zero-order valence-corrected chi connectivity index (χ0v) is 11.6. The van der Waals surface area contributed by atoms with Crippen LogP contribution in [0.3, 0.4) is 0 Å². The van der Waals surface area contributed by atoms with Crippen LogP contribution in [0.15, 0.2) is 18.2 Å². The molecule has 0 aliphatic heterocycles. The van der Waals surface area contributed by atoms with Crippen molar-refractivity contribution in [3.8, 4) is 0 Å². The number of halogens is 7. The van der Waals surface area contributed by atoms with E-state index in [0.717, 1.165) is 0 Å². The molecule has 1 aromatic rings. The van der Waals surface area contributed by atoms with E-state index in [1.165, 1.54) is 14.7 Å². The minimum atomic E-state index is -10.7. The Labute approximate surface area is 102 Å². The van der Waals surface area contributed by atoms with Gasteiger partial charge in [-0.3, -0.25) is 0 Å². The quantitative estimate of drug-likeness (QED) is 0.369. The second-order valence-corrected chi connectivity index (χ2v) is 6.33. The van der Waals surface area contributed by atoms with E-state index in [9.17, 15) is 25.2 Å². The van der Waals surface area contributed by atoms with E-state index in [-0.39, 0.29) is 0 Å². The fourth-order valence-corrected chi connectivity index (χ4v) is 1.41. The molecule has 0 saturated heterocycles. The van der Waals surface area contributed by atoms with Crippen molar-refractivity contribution in [1.82, 2.24) is 0 Å². The molecule has 0 heterocycles. The second-order valence-electron chi connectivity index (χ2n) is 3.16. The van der Waals surface area contributed by atoms with Crippen LogP contribution in [-0.2, 0) is 0 Å². The predicted molar refractivity (Wildman–Crippen MR) is 49.6 cm³/mol. The van der Waals surface area contributed by atoms with Gasteiger partial charge in [-0.15, -0.1) is 0 Å². The Hall–Kier alpha value is -0.0400. The van der Waals surface area contributed by atoms with Gasteiger partial charge in [-0.25, -0.2) is 0 Å². The molecule has 0 spiro atoms. The van der Waals surface area contributed by atoms with E-state index >= 15 is 0 Å². The molecule has 1 rings (SSSR count). The van der Waals surface area contributed by atoms with Gasteiger partial charge in [0, 0.05) is 5.56 Å². The summed E-state index contributed by atoms with van der Waals surface area (Å²) < 4.78 is 60.6. The number of aryl methyl sites for hydroxylation is 1. The molecule has 0 nitrogen and oxygen atoms in total. The molecule has 0 aliphatic rings. The van der Waals surface area contributed by atoms with E-state index in [0.29, 0.717) is 0 Å². The van der Waals surface area contributed by atoms with Crippen LogP contribution in [0, 0.1) is 17.4 Å². The van der Waals surface area contributed by atoms with Gasteiger partial charge in [0.1, 0.15) is 0 Å². The van der Waals surface area contributed by atoms with Crippen molar-refractivity contribution in [2.24, 2.45) is 0 Å². The van der Waals surface area contributed by atoms with Gasteiger partial charge in [-0.1, -0.05) is 12.1 Å². The molecule has 0 aromatic heterocycles. The van der Waals surface area contributed by atoms with Crippen LogP contribution in [0.25, 0.3) is 0 Å². The normalized spacial score (nSPS) is 15.6. The number of benzene rings is 1. The predicted octanol–water partition coefficient (Wildman–Crippen LogP) is 2.14. The molecule has 0 amide bonds. The first kappa shape index (κ1) is 16.0. The monoisotopic (exact) mass is 378 g/mol. The molecule has 1 aromatic carbocycles. The van der Waals surface area contributed by atoms with Crippen molar-refractivity contribution in [2.75, 3.05) is 0 Å². The topological polar surface area (TPSA) is 0 Å². The minimum absolute atomic E-state index is 1.39. The van der Waals surface area contributed by atoms with Crippen molar-refractivity contribution < 1.29 is 47.8 Å². The summed E-state index contributed by atoms with van der Waals surface area (Å²) in [7, 11) is -10.7. The van der Waals surface area contributed by atoms with Crippen molar-refractivity contribution in [2.45, 2.75) is 13.8 Å². The average Bonchev–Trinajstić information content (AvgIpc) is 1.94. The molecule has 0 atom stereocenters.